The first-order valence-corrected chi connectivity index (χ1v) is 5.57. The average molecular weight is 261 g/mol. The number of nitrogens with one attached hydrogen (secondary N) is 1. The summed E-state index contributed by atoms with van der Waals surface area (Å²) in [7, 11) is 0. The number of fused-ring (bicyclic) bond motifs is 1. The number of imidazole rings is 1. The highest BCUT2D eigenvalue weighted by Crippen LogP contribution is 2.26. The summed E-state index contributed by atoms with van der Waals surface area (Å²) in [6, 6.07) is 3.27. The molecule has 2 rings (SSSR count). The van der Waals surface area contributed by atoms with Gasteiger partial charge in [0.1, 0.15) is 0 Å². The normalized spacial score (nSPS) is 11.2. The van der Waals surface area contributed by atoms with Crippen molar-refractivity contribution in [2.24, 2.45) is 0 Å². The van der Waals surface area contributed by atoms with Gasteiger partial charge in [-0.2, -0.15) is 0 Å². The molecule has 0 unspecified atom stereocenters. The molecule has 0 radical (unpaired) electrons. The first-order chi connectivity index (χ1) is 7.63. The van der Waals surface area contributed by atoms with Gasteiger partial charge in [-0.25, -0.2) is 4.79 Å². The Labute approximate surface area is 101 Å². The van der Waals surface area contributed by atoms with Gasteiger partial charge in [0, 0.05) is 13.2 Å². The molecule has 0 saturated carbocycles. The third kappa shape index (κ3) is 1.96. The van der Waals surface area contributed by atoms with Gasteiger partial charge in [-0.15, -0.1) is 0 Å². The second kappa shape index (κ2) is 4.49. The van der Waals surface area contributed by atoms with Crippen molar-refractivity contribution >= 4 is 34.2 Å². The van der Waals surface area contributed by atoms with Crippen molar-refractivity contribution in [1.29, 1.82) is 0 Å². The standard InChI is InChI=1S/C10H10Cl2N2O2/c11-6-4-8-9(5-7(6)12)14(2-1-3-15)10(16)13-8/h4-5,15H,1-3H2,(H,13,16). The number of rotatable bonds is 3. The maximum Gasteiger partial charge on any atom is 0.326 e. The van der Waals surface area contributed by atoms with Crippen LogP contribution in [0.4, 0.5) is 0 Å². The molecule has 0 atom stereocenters. The van der Waals surface area contributed by atoms with E-state index in [-0.39, 0.29) is 12.3 Å². The number of aromatic nitrogens is 2. The zero-order valence-corrected chi connectivity index (χ0v) is 9.85. The molecule has 0 aliphatic heterocycles. The molecule has 2 N–H and O–H groups in total. The van der Waals surface area contributed by atoms with Gasteiger partial charge in [0.2, 0.25) is 0 Å². The van der Waals surface area contributed by atoms with Crippen LogP contribution in [0.25, 0.3) is 11.0 Å². The third-order valence-electron chi connectivity index (χ3n) is 2.36. The molecule has 86 valence electrons. The summed E-state index contributed by atoms with van der Waals surface area (Å²) < 4.78 is 1.54. The Kier molecular flexibility index (Phi) is 3.23. The summed E-state index contributed by atoms with van der Waals surface area (Å²) in [5.74, 6) is 0. The number of hydrogen-bond acceptors (Lipinski definition) is 2. The SMILES string of the molecule is O=c1[nH]c2cc(Cl)c(Cl)cc2n1CCCO. The molecular weight excluding hydrogens is 251 g/mol. The summed E-state index contributed by atoms with van der Waals surface area (Å²) in [6.07, 6.45) is 0.521. The van der Waals surface area contributed by atoms with E-state index in [4.69, 9.17) is 28.3 Å². The smallest absolute Gasteiger partial charge is 0.326 e. The number of nitrogens with zero attached hydrogens (tertiary/aromatic N) is 1. The minimum atomic E-state index is -0.221. The Balaban J connectivity index is 2.60. The number of aromatic amines is 1. The van der Waals surface area contributed by atoms with E-state index < -0.39 is 0 Å². The van der Waals surface area contributed by atoms with Crippen LogP contribution < -0.4 is 5.69 Å². The van der Waals surface area contributed by atoms with Crippen LogP contribution in [0, 0.1) is 0 Å². The van der Waals surface area contributed by atoms with E-state index in [9.17, 15) is 4.79 Å². The van der Waals surface area contributed by atoms with Crippen molar-refractivity contribution in [2.45, 2.75) is 13.0 Å². The minimum absolute atomic E-state index is 0.0421. The van der Waals surface area contributed by atoms with Gasteiger partial charge in [-0.1, -0.05) is 23.2 Å². The van der Waals surface area contributed by atoms with E-state index in [2.05, 4.69) is 4.98 Å². The number of hydrogen-bond donors (Lipinski definition) is 2. The fourth-order valence-electron chi connectivity index (χ4n) is 1.60. The van der Waals surface area contributed by atoms with Crippen LogP contribution in [0.3, 0.4) is 0 Å². The highest BCUT2D eigenvalue weighted by atomic mass is 35.5. The lowest BCUT2D eigenvalue weighted by Gasteiger charge is -2.02. The summed E-state index contributed by atoms with van der Waals surface area (Å²) in [6.45, 7) is 0.494. The number of aryl methyl sites for hydroxylation is 1. The van der Waals surface area contributed by atoms with Gasteiger partial charge < -0.3 is 10.1 Å². The molecule has 6 heteroatoms. The molecule has 16 heavy (non-hydrogen) atoms. The molecule has 2 aromatic rings. The molecule has 0 aliphatic rings. The van der Waals surface area contributed by atoms with Gasteiger partial charge >= 0.3 is 5.69 Å². The predicted octanol–water partition coefficient (Wildman–Crippen LogP) is 2.02. The molecule has 0 fully saturated rings. The molecular formula is C10H10Cl2N2O2. The Morgan fingerprint density at radius 1 is 1.31 bits per heavy atom. The topological polar surface area (TPSA) is 58.0 Å². The highest BCUT2D eigenvalue weighted by Gasteiger charge is 2.09. The number of benzene rings is 1. The van der Waals surface area contributed by atoms with Crippen molar-refractivity contribution in [2.75, 3.05) is 6.61 Å². The lowest BCUT2D eigenvalue weighted by Crippen LogP contribution is -2.17. The highest BCUT2D eigenvalue weighted by molar-refractivity contribution is 6.42. The van der Waals surface area contributed by atoms with Crippen LogP contribution in [0.5, 0.6) is 0 Å². The van der Waals surface area contributed by atoms with Crippen LogP contribution in [0.15, 0.2) is 16.9 Å². The fraction of sp³-hybridized carbons (Fsp3) is 0.300. The van der Waals surface area contributed by atoms with E-state index in [1.165, 1.54) is 4.57 Å². The van der Waals surface area contributed by atoms with Gasteiger partial charge in [0.15, 0.2) is 0 Å². The Hall–Kier alpha value is -0.970. The molecule has 0 amide bonds. The van der Waals surface area contributed by atoms with E-state index in [0.717, 1.165) is 0 Å². The quantitative estimate of drug-likeness (QED) is 0.887. The molecule has 1 heterocycles. The zero-order chi connectivity index (χ0) is 11.7. The van der Waals surface area contributed by atoms with Crippen LogP contribution in [-0.4, -0.2) is 21.3 Å². The molecule has 0 saturated heterocycles. The molecule has 0 bridgehead atoms. The van der Waals surface area contributed by atoms with Gasteiger partial charge in [-0.05, 0) is 18.6 Å². The lowest BCUT2D eigenvalue weighted by atomic mass is 10.3. The van der Waals surface area contributed by atoms with Crippen LogP contribution in [0.1, 0.15) is 6.42 Å². The van der Waals surface area contributed by atoms with E-state index in [1.54, 1.807) is 12.1 Å². The summed E-state index contributed by atoms with van der Waals surface area (Å²) >= 11 is 11.7. The number of H-pyrrole nitrogens is 1. The number of aliphatic hydroxyl groups is 1. The molecule has 0 spiro atoms. The third-order valence-corrected chi connectivity index (χ3v) is 3.08. The molecule has 4 nitrogen and oxygen atoms in total. The predicted molar refractivity (Wildman–Crippen MR) is 64.3 cm³/mol. The summed E-state index contributed by atoms with van der Waals surface area (Å²) in [5.41, 5.74) is 1.13. The minimum Gasteiger partial charge on any atom is -0.396 e. The second-order valence-electron chi connectivity index (χ2n) is 3.44. The van der Waals surface area contributed by atoms with E-state index in [1.807, 2.05) is 0 Å². The molecule has 1 aromatic heterocycles. The fourth-order valence-corrected chi connectivity index (χ4v) is 1.92. The Morgan fingerprint density at radius 3 is 2.69 bits per heavy atom. The maximum atomic E-state index is 11.6. The number of halogens is 2. The summed E-state index contributed by atoms with van der Waals surface area (Å²) in [5, 5.41) is 9.57. The zero-order valence-electron chi connectivity index (χ0n) is 8.33. The number of aliphatic hydroxyl groups excluding tert-OH is 1. The van der Waals surface area contributed by atoms with Crippen molar-refractivity contribution < 1.29 is 5.11 Å². The second-order valence-corrected chi connectivity index (χ2v) is 4.26. The summed E-state index contributed by atoms with van der Waals surface area (Å²) in [4.78, 5) is 14.3. The van der Waals surface area contributed by atoms with Crippen molar-refractivity contribution in [3.05, 3.63) is 32.7 Å². The van der Waals surface area contributed by atoms with Crippen LogP contribution in [0.2, 0.25) is 10.0 Å². The first-order valence-electron chi connectivity index (χ1n) is 4.82. The van der Waals surface area contributed by atoms with E-state index >= 15 is 0 Å². The van der Waals surface area contributed by atoms with Gasteiger partial charge in [-0.3, -0.25) is 4.57 Å². The van der Waals surface area contributed by atoms with Gasteiger partial charge in [0.25, 0.3) is 0 Å². The van der Waals surface area contributed by atoms with Crippen LogP contribution in [-0.2, 0) is 6.54 Å². The molecule has 1 aromatic carbocycles. The van der Waals surface area contributed by atoms with E-state index in [0.29, 0.717) is 34.0 Å². The maximum absolute atomic E-state index is 11.6. The monoisotopic (exact) mass is 260 g/mol. The Bertz CT molecular complexity index is 574. The van der Waals surface area contributed by atoms with Gasteiger partial charge in [0.05, 0.1) is 21.1 Å². The van der Waals surface area contributed by atoms with Crippen molar-refractivity contribution in [1.82, 2.24) is 9.55 Å². The Morgan fingerprint density at radius 2 is 2.00 bits per heavy atom. The lowest BCUT2D eigenvalue weighted by molar-refractivity contribution is 0.280. The van der Waals surface area contributed by atoms with Crippen LogP contribution >= 0.6 is 23.2 Å². The average Bonchev–Trinajstić information content (AvgIpc) is 2.52. The first kappa shape index (κ1) is 11.5. The van der Waals surface area contributed by atoms with Crippen molar-refractivity contribution in [3.8, 4) is 0 Å². The molecule has 0 aliphatic carbocycles. The largest absolute Gasteiger partial charge is 0.396 e. The van der Waals surface area contributed by atoms with Crippen molar-refractivity contribution in [3.63, 3.8) is 0 Å².